The molecule has 0 heterocycles. The van der Waals surface area contributed by atoms with Gasteiger partial charge in [0.1, 0.15) is 0 Å². The molecule has 2 aromatic carbocycles. The number of benzene rings is 2. The van der Waals surface area contributed by atoms with E-state index in [0.29, 0.717) is 0 Å². The zero-order chi connectivity index (χ0) is 14.3. The summed E-state index contributed by atoms with van der Waals surface area (Å²) in [4.78, 5) is 0. The summed E-state index contributed by atoms with van der Waals surface area (Å²) in [5, 5.41) is 2.63. The van der Waals surface area contributed by atoms with Gasteiger partial charge in [0.05, 0.1) is 0 Å². The second-order valence-electron chi connectivity index (χ2n) is 4.67. The van der Waals surface area contributed by atoms with E-state index in [-0.39, 0.29) is 0 Å². The van der Waals surface area contributed by atoms with Gasteiger partial charge in [-0.2, -0.15) is 0 Å². The Hall–Kier alpha value is -1.05. The first-order valence-electron chi connectivity index (χ1n) is 6.99. The normalized spacial score (nSPS) is 10.7. The van der Waals surface area contributed by atoms with Gasteiger partial charge in [0.15, 0.2) is 0 Å². The Labute approximate surface area is 129 Å². The fraction of sp³-hybridized carbons (Fsp3) is 0.222. The molecule has 0 aromatic heterocycles. The van der Waals surface area contributed by atoms with Crippen LogP contribution in [0.5, 0.6) is 0 Å². The van der Waals surface area contributed by atoms with Crippen LogP contribution < -0.4 is 10.6 Å². The summed E-state index contributed by atoms with van der Waals surface area (Å²) >= 11 is 3.44. The molecule has 0 saturated heterocycles. The zero-order valence-electron chi connectivity index (χ0n) is 11.8. The van der Waals surface area contributed by atoms with Crippen LogP contribution in [0.3, 0.4) is 0 Å². The van der Waals surface area contributed by atoms with Gasteiger partial charge in [-0.1, -0.05) is 0 Å². The molecular formula is C18H19PSe. The van der Waals surface area contributed by atoms with Crippen molar-refractivity contribution in [1.29, 1.82) is 0 Å². The van der Waals surface area contributed by atoms with Crippen molar-refractivity contribution in [2.75, 3.05) is 0 Å². The standard InChI is InChI=1S/C18H19PSe/c1-2-3-4-11-16-19(20,17-12-7-5-8-13-17)18-14-9-6-10-15-18/h5-10,12-15H,2-4H2,1H3. The molecule has 0 bridgehead atoms. The van der Waals surface area contributed by atoms with Crippen molar-refractivity contribution in [1.82, 2.24) is 0 Å². The van der Waals surface area contributed by atoms with Gasteiger partial charge in [-0.25, -0.2) is 0 Å². The Morgan fingerprint density at radius 1 is 0.900 bits per heavy atom. The zero-order valence-corrected chi connectivity index (χ0v) is 14.4. The third-order valence-electron chi connectivity index (χ3n) is 3.13. The Kier molecular flexibility index (Phi) is 5.87. The van der Waals surface area contributed by atoms with Crippen molar-refractivity contribution in [3.05, 3.63) is 60.7 Å². The molecule has 0 aliphatic carbocycles. The average molecular weight is 345 g/mol. The predicted octanol–water partition coefficient (Wildman–Crippen LogP) is 3.89. The molecular weight excluding hydrogens is 326 g/mol. The van der Waals surface area contributed by atoms with Gasteiger partial charge in [0, 0.05) is 0 Å². The van der Waals surface area contributed by atoms with Crippen LogP contribution in [0.2, 0.25) is 0 Å². The quantitative estimate of drug-likeness (QED) is 0.341. The summed E-state index contributed by atoms with van der Waals surface area (Å²) in [6.07, 6.45) is 3.36. The molecule has 0 amide bonds. The number of rotatable bonds is 4. The van der Waals surface area contributed by atoms with E-state index in [2.05, 4.69) is 94.3 Å². The van der Waals surface area contributed by atoms with Crippen molar-refractivity contribution in [3.63, 3.8) is 0 Å². The van der Waals surface area contributed by atoms with Gasteiger partial charge in [-0.15, -0.1) is 0 Å². The van der Waals surface area contributed by atoms with E-state index in [0.717, 1.165) is 6.42 Å². The second-order valence-corrected chi connectivity index (χ2v) is 10.6. The summed E-state index contributed by atoms with van der Waals surface area (Å²) < 4.78 is 0. The van der Waals surface area contributed by atoms with Gasteiger partial charge in [-0.3, -0.25) is 0 Å². The first-order valence-corrected chi connectivity index (χ1v) is 11.0. The fourth-order valence-electron chi connectivity index (χ4n) is 1.99. The summed E-state index contributed by atoms with van der Waals surface area (Å²) in [5.74, 6) is 3.39. The number of hydrogen-bond donors (Lipinski definition) is 0. The molecule has 0 radical (unpaired) electrons. The molecule has 20 heavy (non-hydrogen) atoms. The van der Waals surface area contributed by atoms with E-state index < -0.39 is 5.51 Å². The summed E-state index contributed by atoms with van der Waals surface area (Å²) in [6.45, 7) is 2.20. The third kappa shape index (κ3) is 3.74. The van der Waals surface area contributed by atoms with E-state index in [1.54, 1.807) is 0 Å². The average Bonchev–Trinajstić information content (AvgIpc) is 2.53. The Balaban J connectivity index is 2.44. The van der Waals surface area contributed by atoms with Crippen molar-refractivity contribution in [2.45, 2.75) is 26.2 Å². The summed E-state index contributed by atoms with van der Waals surface area (Å²) in [5.41, 5.74) is 1.87. The molecule has 2 heteroatoms. The van der Waals surface area contributed by atoms with Crippen LogP contribution in [-0.2, 0) is 0 Å². The van der Waals surface area contributed by atoms with E-state index in [9.17, 15) is 0 Å². The molecule has 0 unspecified atom stereocenters. The van der Waals surface area contributed by atoms with Crippen molar-refractivity contribution >= 4 is 31.2 Å². The maximum atomic E-state index is 3.57. The minimum absolute atomic E-state index is 0.986. The maximum absolute atomic E-state index is 3.57. The van der Waals surface area contributed by atoms with E-state index in [1.165, 1.54) is 23.5 Å². The Morgan fingerprint density at radius 3 is 1.85 bits per heavy atom. The van der Waals surface area contributed by atoms with Crippen molar-refractivity contribution < 1.29 is 0 Å². The molecule has 0 saturated carbocycles. The topological polar surface area (TPSA) is 0 Å². The van der Waals surface area contributed by atoms with Crippen LogP contribution in [0, 0.1) is 11.6 Å². The predicted molar refractivity (Wildman–Crippen MR) is 92.1 cm³/mol. The fourth-order valence-corrected chi connectivity index (χ4v) is 6.00. The molecule has 0 N–H and O–H groups in total. The number of hydrogen-bond acceptors (Lipinski definition) is 0. The van der Waals surface area contributed by atoms with Crippen LogP contribution in [0.1, 0.15) is 26.2 Å². The molecule has 0 fully saturated rings. The van der Waals surface area contributed by atoms with E-state index in [1.807, 2.05) is 0 Å². The van der Waals surface area contributed by atoms with Crippen LogP contribution in [0.4, 0.5) is 0 Å². The summed E-state index contributed by atoms with van der Waals surface area (Å²) in [7, 11) is 0. The molecule has 0 aliphatic rings. The van der Waals surface area contributed by atoms with Crippen LogP contribution in [-0.4, -0.2) is 15.1 Å². The monoisotopic (exact) mass is 346 g/mol. The van der Waals surface area contributed by atoms with Gasteiger partial charge >= 0.3 is 130 Å². The first-order chi connectivity index (χ1) is 9.77. The van der Waals surface area contributed by atoms with Gasteiger partial charge in [0.2, 0.25) is 0 Å². The SMILES string of the molecule is CCCCC#CP(=[Se])(c1ccccc1)c1ccccc1. The second kappa shape index (κ2) is 7.66. The Morgan fingerprint density at radius 2 is 1.40 bits per heavy atom. The molecule has 0 nitrogen and oxygen atoms in total. The van der Waals surface area contributed by atoms with Gasteiger partial charge < -0.3 is 0 Å². The van der Waals surface area contributed by atoms with Gasteiger partial charge in [-0.05, 0) is 0 Å². The third-order valence-corrected chi connectivity index (χ3v) is 8.88. The van der Waals surface area contributed by atoms with E-state index >= 15 is 0 Å². The Bertz CT molecular complexity index is 592. The molecule has 0 atom stereocenters. The number of unbranched alkanes of at least 4 members (excludes halogenated alkanes) is 2. The van der Waals surface area contributed by atoms with Crippen LogP contribution in [0.25, 0.3) is 0 Å². The molecule has 0 spiro atoms. The van der Waals surface area contributed by atoms with Crippen LogP contribution >= 0.6 is 5.51 Å². The molecule has 0 aliphatic heterocycles. The molecule has 102 valence electrons. The van der Waals surface area contributed by atoms with Gasteiger partial charge in [0.25, 0.3) is 0 Å². The molecule has 2 aromatic rings. The van der Waals surface area contributed by atoms with Crippen LogP contribution in [0.15, 0.2) is 60.7 Å². The van der Waals surface area contributed by atoms with Crippen molar-refractivity contribution in [3.8, 4) is 11.6 Å². The summed E-state index contributed by atoms with van der Waals surface area (Å²) in [6, 6.07) is 21.2. The minimum atomic E-state index is -1.70. The van der Waals surface area contributed by atoms with E-state index in [4.69, 9.17) is 0 Å². The first kappa shape index (κ1) is 15.3. The molecule has 2 rings (SSSR count). The van der Waals surface area contributed by atoms with Crippen molar-refractivity contribution in [2.24, 2.45) is 0 Å².